The van der Waals surface area contributed by atoms with Gasteiger partial charge in [-0.3, -0.25) is 4.79 Å². The molecule has 1 aliphatic heterocycles. The molecule has 0 saturated carbocycles. The minimum Gasteiger partial charge on any atom is -0.465 e. The highest BCUT2D eigenvalue weighted by Gasteiger charge is 2.33. The summed E-state index contributed by atoms with van der Waals surface area (Å²) in [6, 6.07) is 10.2. The van der Waals surface area contributed by atoms with Crippen LogP contribution in [0.2, 0.25) is 0 Å². The molecular weight excluding hydrogens is 334 g/mol. The zero-order valence-electron chi connectivity index (χ0n) is 14.1. The summed E-state index contributed by atoms with van der Waals surface area (Å²) in [5, 5.41) is 20.9. The van der Waals surface area contributed by atoms with Gasteiger partial charge in [0.2, 0.25) is 5.82 Å². The first-order chi connectivity index (χ1) is 12.5. The average molecular weight is 351 g/mol. The van der Waals surface area contributed by atoms with Crippen LogP contribution in [0.5, 0.6) is 0 Å². The molecule has 3 rings (SSSR count). The lowest BCUT2D eigenvalue weighted by molar-refractivity contribution is 0.0925. The standard InChI is InChI=1S/C18H17N5O3/c1-11-7-14(10-23(11)18(25)26)21-17(24)16-20-6-5-15(22-16)13-4-2-3-12(8-13)9-19/h2-6,8,11,14H,7,10H2,1H3,(H,21,24)(H,25,26)/t11-,14-/m1/s1. The van der Waals surface area contributed by atoms with E-state index in [-0.39, 0.29) is 24.5 Å². The topological polar surface area (TPSA) is 119 Å². The molecule has 1 aromatic carbocycles. The maximum Gasteiger partial charge on any atom is 0.407 e. The lowest BCUT2D eigenvalue weighted by Gasteiger charge is -2.16. The molecule has 1 fully saturated rings. The van der Waals surface area contributed by atoms with E-state index in [1.54, 1.807) is 37.3 Å². The van der Waals surface area contributed by atoms with Crippen LogP contribution in [0.1, 0.15) is 29.5 Å². The molecule has 2 N–H and O–H groups in total. The second kappa shape index (κ2) is 7.19. The molecule has 132 valence electrons. The number of benzene rings is 1. The van der Waals surface area contributed by atoms with Gasteiger partial charge in [-0.25, -0.2) is 14.8 Å². The fourth-order valence-corrected chi connectivity index (χ4v) is 3.03. The molecule has 1 saturated heterocycles. The van der Waals surface area contributed by atoms with Crippen LogP contribution in [-0.2, 0) is 0 Å². The molecule has 2 aromatic rings. The van der Waals surface area contributed by atoms with E-state index >= 15 is 0 Å². The van der Waals surface area contributed by atoms with Gasteiger partial charge >= 0.3 is 6.09 Å². The zero-order valence-corrected chi connectivity index (χ0v) is 14.1. The largest absolute Gasteiger partial charge is 0.465 e. The summed E-state index contributed by atoms with van der Waals surface area (Å²) in [6.07, 6.45) is 1.03. The number of hydrogen-bond donors (Lipinski definition) is 2. The summed E-state index contributed by atoms with van der Waals surface area (Å²) in [5.74, 6) is -0.445. The highest BCUT2D eigenvalue weighted by atomic mass is 16.4. The first kappa shape index (κ1) is 17.4. The third-order valence-electron chi connectivity index (χ3n) is 4.30. The van der Waals surface area contributed by atoms with Crippen LogP contribution in [0.15, 0.2) is 36.5 Å². The number of nitrogens with one attached hydrogen (secondary N) is 1. The first-order valence-corrected chi connectivity index (χ1v) is 8.12. The Kier molecular flexibility index (Phi) is 4.80. The predicted octanol–water partition coefficient (Wildman–Crippen LogP) is 1.89. The fourth-order valence-electron chi connectivity index (χ4n) is 3.03. The molecule has 26 heavy (non-hydrogen) atoms. The van der Waals surface area contributed by atoms with Gasteiger partial charge < -0.3 is 15.3 Å². The Morgan fingerprint density at radius 1 is 1.38 bits per heavy atom. The van der Waals surface area contributed by atoms with Crippen LogP contribution >= 0.6 is 0 Å². The second-order valence-corrected chi connectivity index (χ2v) is 6.15. The number of rotatable bonds is 3. The van der Waals surface area contributed by atoms with Crippen LogP contribution in [0.4, 0.5) is 4.79 Å². The molecule has 0 spiro atoms. The van der Waals surface area contributed by atoms with E-state index in [2.05, 4.69) is 21.4 Å². The maximum atomic E-state index is 12.4. The number of carbonyl (C=O) groups is 2. The van der Waals surface area contributed by atoms with E-state index in [1.165, 1.54) is 11.1 Å². The number of amides is 2. The molecule has 8 nitrogen and oxygen atoms in total. The Hall–Kier alpha value is -3.47. The highest BCUT2D eigenvalue weighted by Crippen LogP contribution is 2.19. The number of hydrogen-bond acceptors (Lipinski definition) is 5. The van der Waals surface area contributed by atoms with Crippen molar-refractivity contribution in [2.75, 3.05) is 6.54 Å². The number of nitrogens with zero attached hydrogens (tertiary/aromatic N) is 4. The number of aromatic nitrogens is 2. The third kappa shape index (κ3) is 3.62. The predicted molar refractivity (Wildman–Crippen MR) is 92.2 cm³/mol. The van der Waals surface area contributed by atoms with Crippen LogP contribution in [0.25, 0.3) is 11.3 Å². The Morgan fingerprint density at radius 2 is 2.19 bits per heavy atom. The molecule has 2 atom stereocenters. The van der Waals surface area contributed by atoms with Gasteiger partial charge in [-0.05, 0) is 31.5 Å². The Balaban J connectivity index is 1.75. The van der Waals surface area contributed by atoms with Crippen LogP contribution < -0.4 is 5.32 Å². The molecule has 1 aromatic heterocycles. The molecule has 0 radical (unpaired) electrons. The monoisotopic (exact) mass is 351 g/mol. The smallest absolute Gasteiger partial charge is 0.407 e. The van der Waals surface area contributed by atoms with Gasteiger partial charge in [0.05, 0.1) is 17.3 Å². The van der Waals surface area contributed by atoms with Crippen molar-refractivity contribution in [3.8, 4) is 17.3 Å². The molecule has 0 bridgehead atoms. The van der Waals surface area contributed by atoms with Gasteiger partial charge in [-0.2, -0.15) is 5.26 Å². The Morgan fingerprint density at radius 3 is 2.88 bits per heavy atom. The van der Waals surface area contributed by atoms with Crippen LogP contribution in [0.3, 0.4) is 0 Å². The average Bonchev–Trinajstić information content (AvgIpc) is 3.02. The normalized spacial score (nSPS) is 19.0. The van der Waals surface area contributed by atoms with E-state index in [0.717, 1.165) is 0 Å². The van der Waals surface area contributed by atoms with Crippen molar-refractivity contribution in [2.24, 2.45) is 0 Å². The van der Waals surface area contributed by atoms with Gasteiger partial charge in [0.1, 0.15) is 0 Å². The zero-order chi connectivity index (χ0) is 18.7. The maximum absolute atomic E-state index is 12.4. The summed E-state index contributed by atoms with van der Waals surface area (Å²) >= 11 is 0. The number of carboxylic acid groups (broad SMARTS) is 1. The second-order valence-electron chi connectivity index (χ2n) is 6.15. The molecule has 8 heteroatoms. The van der Waals surface area contributed by atoms with E-state index < -0.39 is 12.0 Å². The van der Waals surface area contributed by atoms with E-state index in [4.69, 9.17) is 10.4 Å². The molecule has 1 aliphatic rings. The minimum absolute atomic E-state index is 0.00582. The summed E-state index contributed by atoms with van der Waals surface area (Å²) in [4.78, 5) is 33.1. The van der Waals surface area contributed by atoms with Gasteiger partial charge in [0.25, 0.3) is 5.91 Å². The van der Waals surface area contributed by atoms with Crippen molar-refractivity contribution in [1.82, 2.24) is 20.2 Å². The van der Waals surface area contributed by atoms with Gasteiger partial charge in [-0.15, -0.1) is 0 Å². The van der Waals surface area contributed by atoms with E-state index in [1.807, 2.05) is 0 Å². The van der Waals surface area contributed by atoms with Crippen molar-refractivity contribution in [1.29, 1.82) is 5.26 Å². The minimum atomic E-state index is -0.995. The molecule has 0 aliphatic carbocycles. The molecule has 2 heterocycles. The van der Waals surface area contributed by atoms with Crippen LogP contribution in [-0.4, -0.2) is 50.6 Å². The molecule has 0 unspecified atom stereocenters. The van der Waals surface area contributed by atoms with Crippen molar-refractivity contribution >= 4 is 12.0 Å². The van der Waals surface area contributed by atoms with Crippen molar-refractivity contribution in [3.63, 3.8) is 0 Å². The lowest BCUT2D eigenvalue weighted by atomic mass is 10.1. The lowest BCUT2D eigenvalue weighted by Crippen LogP contribution is -2.39. The van der Waals surface area contributed by atoms with Crippen molar-refractivity contribution < 1.29 is 14.7 Å². The molecule has 2 amide bonds. The van der Waals surface area contributed by atoms with Crippen LogP contribution in [0, 0.1) is 11.3 Å². The van der Waals surface area contributed by atoms with Gasteiger partial charge in [-0.1, -0.05) is 12.1 Å². The van der Waals surface area contributed by atoms with E-state index in [0.29, 0.717) is 23.2 Å². The SMILES string of the molecule is C[C@@H]1C[C@@H](NC(=O)c2nccc(-c3cccc(C#N)c3)n2)CN1C(=O)O. The summed E-state index contributed by atoms with van der Waals surface area (Å²) in [7, 11) is 0. The number of nitriles is 1. The van der Waals surface area contributed by atoms with Crippen molar-refractivity contribution in [2.45, 2.75) is 25.4 Å². The summed E-state index contributed by atoms with van der Waals surface area (Å²) in [6.45, 7) is 2.05. The van der Waals surface area contributed by atoms with Gasteiger partial charge in [0.15, 0.2) is 0 Å². The van der Waals surface area contributed by atoms with E-state index in [9.17, 15) is 9.59 Å². The first-order valence-electron chi connectivity index (χ1n) is 8.12. The summed E-state index contributed by atoms with van der Waals surface area (Å²) < 4.78 is 0. The fraction of sp³-hybridized carbons (Fsp3) is 0.278. The molecular formula is C18H17N5O3. The summed E-state index contributed by atoms with van der Waals surface area (Å²) in [5.41, 5.74) is 1.75. The number of carbonyl (C=O) groups excluding carboxylic acids is 1. The van der Waals surface area contributed by atoms with Gasteiger partial charge in [0, 0.05) is 30.4 Å². The highest BCUT2D eigenvalue weighted by molar-refractivity contribution is 5.91. The third-order valence-corrected chi connectivity index (χ3v) is 4.30. The van der Waals surface area contributed by atoms with Crippen molar-refractivity contribution in [3.05, 3.63) is 47.9 Å². The quantitative estimate of drug-likeness (QED) is 0.871. The number of likely N-dealkylation sites (tertiary alicyclic amines) is 1. The Labute approximate surface area is 150 Å². The Bertz CT molecular complexity index is 892.